The molecule has 1 unspecified atom stereocenters. The SMILES string of the molecule is COC(=O)/C=C1/N=C2C=CC=CC2SC1=O. The van der Waals surface area contributed by atoms with Gasteiger partial charge < -0.3 is 4.74 Å². The van der Waals surface area contributed by atoms with Crippen molar-refractivity contribution in [3.8, 4) is 0 Å². The van der Waals surface area contributed by atoms with E-state index in [1.165, 1.54) is 7.11 Å². The Bertz CT molecular complexity index is 460. The number of nitrogens with zero attached hydrogens (tertiary/aromatic N) is 1. The van der Waals surface area contributed by atoms with Gasteiger partial charge in [-0.15, -0.1) is 0 Å². The van der Waals surface area contributed by atoms with E-state index < -0.39 is 5.97 Å². The monoisotopic (exact) mass is 235 g/mol. The molecule has 4 nitrogen and oxygen atoms in total. The van der Waals surface area contributed by atoms with Crippen LogP contribution in [0.1, 0.15) is 0 Å². The molecule has 0 spiro atoms. The molecule has 0 aromatic heterocycles. The number of allylic oxidation sites excluding steroid dienone is 3. The van der Waals surface area contributed by atoms with Gasteiger partial charge in [0, 0.05) is 0 Å². The van der Waals surface area contributed by atoms with Crippen molar-refractivity contribution in [3.63, 3.8) is 0 Å². The van der Waals surface area contributed by atoms with Gasteiger partial charge in [-0.1, -0.05) is 30.0 Å². The van der Waals surface area contributed by atoms with Crippen molar-refractivity contribution in [1.82, 2.24) is 0 Å². The molecule has 16 heavy (non-hydrogen) atoms. The number of hydrogen-bond donors (Lipinski definition) is 0. The zero-order chi connectivity index (χ0) is 11.5. The van der Waals surface area contributed by atoms with E-state index in [9.17, 15) is 9.59 Å². The van der Waals surface area contributed by atoms with Crippen molar-refractivity contribution in [3.05, 3.63) is 36.1 Å². The van der Waals surface area contributed by atoms with Crippen LogP contribution in [0.15, 0.2) is 41.1 Å². The molecule has 1 aliphatic carbocycles. The summed E-state index contributed by atoms with van der Waals surface area (Å²) in [6.07, 6.45) is 8.57. The van der Waals surface area contributed by atoms with Gasteiger partial charge in [-0.3, -0.25) is 4.79 Å². The lowest BCUT2D eigenvalue weighted by Gasteiger charge is -2.19. The van der Waals surface area contributed by atoms with Crippen LogP contribution in [0.4, 0.5) is 0 Å². The van der Waals surface area contributed by atoms with Gasteiger partial charge in [0.1, 0.15) is 5.70 Å². The van der Waals surface area contributed by atoms with Crippen molar-refractivity contribution >= 4 is 28.6 Å². The van der Waals surface area contributed by atoms with E-state index in [2.05, 4.69) is 9.73 Å². The average molecular weight is 235 g/mol. The van der Waals surface area contributed by atoms with Crippen LogP contribution in [0.2, 0.25) is 0 Å². The fourth-order valence-electron chi connectivity index (χ4n) is 1.34. The van der Waals surface area contributed by atoms with Crippen LogP contribution in [0.3, 0.4) is 0 Å². The number of methoxy groups -OCH3 is 1. The van der Waals surface area contributed by atoms with Gasteiger partial charge in [-0.05, 0) is 6.08 Å². The highest BCUT2D eigenvalue weighted by Gasteiger charge is 2.26. The minimum absolute atomic E-state index is 0.0349. The predicted octanol–water partition coefficient (Wildman–Crippen LogP) is 1.25. The van der Waals surface area contributed by atoms with E-state index in [1.807, 2.05) is 24.3 Å². The average Bonchev–Trinajstić information content (AvgIpc) is 2.30. The van der Waals surface area contributed by atoms with E-state index in [4.69, 9.17) is 0 Å². The van der Waals surface area contributed by atoms with Crippen LogP contribution in [0.25, 0.3) is 0 Å². The minimum atomic E-state index is -0.568. The number of esters is 1. The third-order valence-electron chi connectivity index (χ3n) is 2.10. The van der Waals surface area contributed by atoms with Crippen molar-refractivity contribution in [1.29, 1.82) is 0 Å². The third-order valence-corrected chi connectivity index (χ3v) is 3.18. The topological polar surface area (TPSA) is 55.7 Å². The number of fused-ring (bicyclic) bond motifs is 1. The molecule has 1 aliphatic heterocycles. The van der Waals surface area contributed by atoms with E-state index >= 15 is 0 Å². The molecule has 0 N–H and O–H groups in total. The molecular formula is C11H9NO3S. The molecule has 0 fully saturated rings. The van der Waals surface area contributed by atoms with Crippen LogP contribution >= 0.6 is 11.8 Å². The smallest absolute Gasteiger partial charge is 0.332 e. The Morgan fingerprint density at radius 2 is 2.38 bits per heavy atom. The normalized spacial score (nSPS) is 25.3. The molecule has 2 aliphatic rings. The molecule has 0 radical (unpaired) electrons. The molecule has 1 atom stereocenters. The first-order valence-corrected chi connectivity index (χ1v) is 5.53. The van der Waals surface area contributed by atoms with E-state index in [-0.39, 0.29) is 16.1 Å². The first-order valence-electron chi connectivity index (χ1n) is 4.65. The maximum atomic E-state index is 11.6. The van der Waals surface area contributed by atoms with Crippen LogP contribution in [0.5, 0.6) is 0 Å². The summed E-state index contributed by atoms with van der Waals surface area (Å²) in [7, 11) is 1.26. The first kappa shape index (κ1) is 10.9. The Morgan fingerprint density at radius 3 is 3.12 bits per heavy atom. The predicted molar refractivity (Wildman–Crippen MR) is 62.2 cm³/mol. The lowest BCUT2D eigenvalue weighted by molar-refractivity contribution is -0.135. The largest absolute Gasteiger partial charge is 0.466 e. The standard InChI is InChI=1S/C11H9NO3S/c1-15-10(13)6-8-11(14)16-9-5-3-2-4-7(9)12-8/h2-6,9H,1H3/b8-6+. The first-order chi connectivity index (χ1) is 7.70. The minimum Gasteiger partial charge on any atom is -0.466 e. The van der Waals surface area contributed by atoms with Gasteiger partial charge in [-0.2, -0.15) is 0 Å². The fraction of sp³-hybridized carbons (Fsp3) is 0.182. The van der Waals surface area contributed by atoms with Crippen molar-refractivity contribution in [2.45, 2.75) is 5.25 Å². The number of thioether (sulfide) groups is 1. The molecule has 5 heteroatoms. The molecule has 0 amide bonds. The maximum absolute atomic E-state index is 11.6. The molecule has 1 heterocycles. The second-order valence-electron chi connectivity index (χ2n) is 3.16. The van der Waals surface area contributed by atoms with E-state index in [1.54, 1.807) is 0 Å². The highest BCUT2D eigenvalue weighted by molar-refractivity contribution is 8.15. The molecule has 0 saturated heterocycles. The van der Waals surface area contributed by atoms with Gasteiger partial charge in [0.05, 0.1) is 24.1 Å². The number of ether oxygens (including phenoxy) is 1. The quantitative estimate of drug-likeness (QED) is 0.507. The maximum Gasteiger partial charge on any atom is 0.332 e. The number of rotatable bonds is 1. The number of carbonyl (C=O) groups excluding carboxylic acids is 2. The Hall–Kier alpha value is -1.62. The number of aliphatic imine (C=N–C) groups is 1. The van der Waals surface area contributed by atoms with Gasteiger partial charge in [0.15, 0.2) is 0 Å². The summed E-state index contributed by atoms with van der Waals surface area (Å²) in [5.74, 6) is -0.568. The van der Waals surface area contributed by atoms with Crippen LogP contribution in [0, 0.1) is 0 Å². The highest BCUT2D eigenvalue weighted by Crippen LogP contribution is 2.28. The Morgan fingerprint density at radius 1 is 1.56 bits per heavy atom. The molecule has 0 aromatic carbocycles. The second-order valence-corrected chi connectivity index (χ2v) is 4.27. The van der Waals surface area contributed by atoms with Crippen LogP contribution in [-0.2, 0) is 14.3 Å². The summed E-state index contributed by atoms with van der Waals surface area (Å²) in [5, 5.41) is -0.244. The number of carbonyl (C=O) groups is 2. The van der Waals surface area contributed by atoms with Crippen LogP contribution < -0.4 is 0 Å². The Labute approximate surface area is 96.8 Å². The molecule has 82 valence electrons. The molecule has 2 rings (SSSR count). The summed E-state index contributed by atoms with van der Waals surface area (Å²) in [6.45, 7) is 0. The summed E-state index contributed by atoms with van der Waals surface area (Å²) in [6, 6.07) is 0. The summed E-state index contributed by atoms with van der Waals surface area (Å²) in [5.41, 5.74) is 0.922. The second kappa shape index (κ2) is 4.49. The zero-order valence-corrected chi connectivity index (χ0v) is 9.36. The molecule has 0 bridgehead atoms. The Kier molecular flexibility index (Phi) is 3.05. The van der Waals surface area contributed by atoms with Crippen molar-refractivity contribution in [2.75, 3.05) is 7.11 Å². The van der Waals surface area contributed by atoms with E-state index in [0.29, 0.717) is 0 Å². The highest BCUT2D eigenvalue weighted by atomic mass is 32.2. The Balaban J connectivity index is 2.32. The lowest BCUT2D eigenvalue weighted by Crippen LogP contribution is -2.23. The molecular weight excluding hydrogens is 226 g/mol. The fourth-order valence-corrected chi connectivity index (χ4v) is 2.21. The van der Waals surface area contributed by atoms with E-state index in [0.717, 1.165) is 23.5 Å². The molecule has 0 aromatic rings. The van der Waals surface area contributed by atoms with Gasteiger partial charge in [0.2, 0.25) is 5.12 Å². The molecule has 0 saturated carbocycles. The lowest BCUT2D eigenvalue weighted by atomic mass is 10.1. The van der Waals surface area contributed by atoms with Gasteiger partial charge >= 0.3 is 5.97 Å². The summed E-state index contributed by atoms with van der Waals surface area (Å²) in [4.78, 5) is 26.8. The van der Waals surface area contributed by atoms with Gasteiger partial charge in [0.25, 0.3) is 0 Å². The van der Waals surface area contributed by atoms with Gasteiger partial charge in [-0.25, -0.2) is 9.79 Å². The van der Waals surface area contributed by atoms with Crippen molar-refractivity contribution in [2.24, 2.45) is 4.99 Å². The van der Waals surface area contributed by atoms with Crippen LogP contribution in [-0.4, -0.2) is 29.2 Å². The van der Waals surface area contributed by atoms with Crippen molar-refractivity contribution < 1.29 is 14.3 Å². The number of hydrogen-bond acceptors (Lipinski definition) is 5. The third kappa shape index (κ3) is 2.14. The summed E-state index contributed by atoms with van der Waals surface area (Å²) < 4.78 is 4.46. The zero-order valence-electron chi connectivity index (χ0n) is 8.54. The summed E-state index contributed by atoms with van der Waals surface area (Å²) >= 11 is 1.15.